The lowest BCUT2D eigenvalue weighted by Gasteiger charge is -2.24. The van der Waals surface area contributed by atoms with E-state index in [1.807, 2.05) is 30.5 Å². The predicted molar refractivity (Wildman–Crippen MR) is 104 cm³/mol. The van der Waals surface area contributed by atoms with Gasteiger partial charge in [0.15, 0.2) is 0 Å². The number of nitrogens with one attached hydrogen (secondary N) is 1. The summed E-state index contributed by atoms with van der Waals surface area (Å²) in [6.45, 7) is 4.35. The van der Waals surface area contributed by atoms with E-state index in [1.54, 1.807) is 4.68 Å². The number of carbonyl (C=O) groups excluding carboxylic acids is 1. The molecule has 132 valence electrons. The molecule has 0 saturated heterocycles. The van der Waals surface area contributed by atoms with Crippen molar-refractivity contribution in [2.45, 2.75) is 32.1 Å². The molecule has 0 saturated carbocycles. The third-order valence-corrected chi connectivity index (χ3v) is 5.11. The van der Waals surface area contributed by atoms with Gasteiger partial charge in [-0.05, 0) is 35.2 Å². The summed E-state index contributed by atoms with van der Waals surface area (Å²) < 4.78 is 1.74. The highest BCUT2D eigenvalue weighted by molar-refractivity contribution is 6.30. The van der Waals surface area contributed by atoms with Crippen molar-refractivity contribution in [2.24, 2.45) is 0 Å². The molecule has 4 nitrogen and oxygen atoms in total. The van der Waals surface area contributed by atoms with Gasteiger partial charge in [-0.3, -0.25) is 4.79 Å². The lowest BCUT2D eigenvalue weighted by atomic mass is 9.86. The zero-order valence-corrected chi connectivity index (χ0v) is 15.5. The van der Waals surface area contributed by atoms with Crippen LogP contribution in [-0.2, 0) is 4.79 Å². The van der Waals surface area contributed by atoms with E-state index in [9.17, 15) is 4.79 Å². The Morgan fingerprint density at radius 3 is 2.65 bits per heavy atom. The van der Waals surface area contributed by atoms with Crippen LogP contribution >= 0.6 is 11.6 Å². The second-order valence-electron chi connectivity index (χ2n) is 6.97. The third-order valence-electron chi connectivity index (χ3n) is 4.88. The minimum atomic E-state index is -0.000728. The number of amides is 1. The number of benzene rings is 2. The van der Waals surface area contributed by atoms with Gasteiger partial charge >= 0.3 is 0 Å². The summed E-state index contributed by atoms with van der Waals surface area (Å²) in [7, 11) is 0. The van der Waals surface area contributed by atoms with E-state index in [0.717, 1.165) is 22.6 Å². The monoisotopic (exact) mass is 365 g/mol. The van der Waals surface area contributed by atoms with E-state index in [4.69, 9.17) is 11.6 Å². The molecule has 3 aromatic rings. The van der Waals surface area contributed by atoms with Crippen LogP contribution in [0.1, 0.15) is 48.8 Å². The molecule has 2 aromatic carbocycles. The molecule has 2 heterocycles. The summed E-state index contributed by atoms with van der Waals surface area (Å²) in [5.74, 6) is 1.22. The Kier molecular flexibility index (Phi) is 4.29. The number of anilines is 1. The minimum absolute atomic E-state index is 0.000728. The summed E-state index contributed by atoms with van der Waals surface area (Å²) in [5, 5.41) is 8.12. The number of hydrogen-bond donors (Lipinski definition) is 1. The van der Waals surface area contributed by atoms with E-state index in [1.165, 1.54) is 5.56 Å². The normalized spacial score (nSPS) is 16.5. The van der Waals surface area contributed by atoms with Crippen molar-refractivity contribution in [1.82, 2.24) is 9.78 Å². The van der Waals surface area contributed by atoms with Crippen LogP contribution in [0.15, 0.2) is 54.7 Å². The number of aromatic nitrogens is 2. The Balaban J connectivity index is 1.76. The summed E-state index contributed by atoms with van der Waals surface area (Å²) in [6.07, 6.45) is 2.27. The van der Waals surface area contributed by atoms with Gasteiger partial charge in [0.1, 0.15) is 5.82 Å². The summed E-state index contributed by atoms with van der Waals surface area (Å²) in [6, 6.07) is 16.0. The van der Waals surface area contributed by atoms with Crippen LogP contribution in [0.4, 0.5) is 5.82 Å². The summed E-state index contributed by atoms with van der Waals surface area (Å²) >= 11 is 6.11. The van der Waals surface area contributed by atoms with Gasteiger partial charge in [-0.2, -0.15) is 5.10 Å². The van der Waals surface area contributed by atoms with E-state index >= 15 is 0 Å². The van der Waals surface area contributed by atoms with Crippen LogP contribution in [0.3, 0.4) is 0 Å². The molecule has 1 atom stereocenters. The smallest absolute Gasteiger partial charge is 0.226 e. The van der Waals surface area contributed by atoms with Crippen molar-refractivity contribution in [3.63, 3.8) is 0 Å². The fourth-order valence-electron chi connectivity index (χ4n) is 3.43. The van der Waals surface area contributed by atoms with Crippen molar-refractivity contribution in [3.8, 4) is 5.69 Å². The highest BCUT2D eigenvalue weighted by atomic mass is 35.5. The second kappa shape index (κ2) is 6.61. The Bertz CT molecular complexity index is 960. The SMILES string of the molecule is CC(C)c1ccc(C2CC(=O)Nc3c2cnn3-c2cccc(Cl)c2)cc1. The average molecular weight is 366 g/mol. The van der Waals surface area contributed by atoms with Gasteiger partial charge in [-0.1, -0.05) is 55.8 Å². The zero-order chi connectivity index (χ0) is 18.3. The van der Waals surface area contributed by atoms with Gasteiger partial charge < -0.3 is 5.32 Å². The maximum Gasteiger partial charge on any atom is 0.226 e. The van der Waals surface area contributed by atoms with E-state index < -0.39 is 0 Å². The van der Waals surface area contributed by atoms with E-state index in [2.05, 4.69) is 48.5 Å². The molecule has 0 bridgehead atoms. The maximum absolute atomic E-state index is 12.4. The number of fused-ring (bicyclic) bond motifs is 1. The first-order valence-electron chi connectivity index (χ1n) is 8.76. The maximum atomic E-state index is 12.4. The molecule has 4 rings (SSSR count). The average Bonchev–Trinajstić information content (AvgIpc) is 3.05. The summed E-state index contributed by atoms with van der Waals surface area (Å²) in [4.78, 5) is 12.4. The molecular weight excluding hydrogens is 346 g/mol. The molecule has 1 N–H and O–H groups in total. The van der Waals surface area contributed by atoms with Crippen molar-refractivity contribution in [2.75, 3.05) is 5.32 Å². The van der Waals surface area contributed by atoms with Gasteiger partial charge in [0.2, 0.25) is 5.91 Å². The molecule has 0 spiro atoms. The van der Waals surface area contributed by atoms with Crippen LogP contribution in [0, 0.1) is 0 Å². The van der Waals surface area contributed by atoms with Crippen molar-refractivity contribution in [3.05, 3.63) is 76.4 Å². The van der Waals surface area contributed by atoms with Crippen LogP contribution in [0.2, 0.25) is 5.02 Å². The van der Waals surface area contributed by atoms with Gasteiger partial charge in [-0.25, -0.2) is 4.68 Å². The van der Waals surface area contributed by atoms with Crippen molar-refractivity contribution in [1.29, 1.82) is 0 Å². The number of rotatable bonds is 3. The van der Waals surface area contributed by atoms with Gasteiger partial charge in [-0.15, -0.1) is 0 Å². The lowest BCUT2D eigenvalue weighted by molar-refractivity contribution is -0.116. The number of halogens is 1. The highest BCUT2D eigenvalue weighted by Crippen LogP contribution is 2.38. The third kappa shape index (κ3) is 3.01. The Labute approximate surface area is 157 Å². The topological polar surface area (TPSA) is 46.9 Å². The molecule has 0 fully saturated rings. The van der Waals surface area contributed by atoms with Crippen LogP contribution < -0.4 is 5.32 Å². The number of hydrogen-bond acceptors (Lipinski definition) is 2. The molecule has 1 aliphatic rings. The fourth-order valence-corrected chi connectivity index (χ4v) is 3.62. The molecule has 1 aromatic heterocycles. The second-order valence-corrected chi connectivity index (χ2v) is 7.40. The number of nitrogens with zero attached hydrogens (tertiary/aromatic N) is 2. The quantitative estimate of drug-likeness (QED) is 0.700. The van der Waals surface area contributed by atoms with E-state index in [-0.39, 0.29) is 11.8 Å². The zero-order valence-electron chi connectivity index (χ0n) is 14.7. The standard InChI is InChI=1S/C21H20ClN3O/c1-13(2)14-6-8-15(9-7-14)18-11-20(26)24-21-19(18)12-23-25(21)17-5-3-4-16(22)10-17/h3-10,12-13,18H,11H2,1-2H3,(H,24,26). The van der Waals surface area contributed by atoms with Gasteiger partial charge in [0.05, 0.1) is 11.9 Å². The Morgan fingerprint density at radius 2 is 1.96 bits per heavy atom. The molecular formula is C21H20ClN3O. The molecule has 1 unspecified atom stereocenters. The first kappa shape index (κ1) is 16.9. The predicted octanol–water partition coefficient (Wildman–Crippen LogP) is 5.12. The van der Waals surface area contributed by atoms with Gasteiger partial charge in [0, 0.05) is 22.9 Å². The van der Waals surface area contributed by atoms with Crippen LogP contribution in [-0.4, -0.2) is 15.7 Å². The van der Waals surface area contributed by atoms with Crippen LogP contribution in [0.25, 0.3) is 5.69 Å². The number of carbonyl (C=O) groups is 1. The Morgan fingerprint density at radius 1 is 1.19 bits per heavy atom. The van der Waals surface area contributed by atoms with E-state index in [0.29, 0.717) is 17.4 Å². The molecule has 1 amide bonds. The molecule has 0 aliphatic carbocycles. The first-order chi connectivity index (χ1) is 12.5. The summed E-state index contributed by atoms with van der Waals surface area (Å²) in [5.41, 5.74) is 4.29. The molecule has 1 aliphatic heterocycles. The minimum Gasteiger partial charge on any atom is -0.310 e. The molecule has 0 radical (unpaired) electrons. The lowest BCUT2D eigenvalue weighted by Crippen LogP contribution is -2.24. The fraction of sp³-hybridized carbons (Fsp3) is 0.238. The van der Waals surface area contributed by atoms with Crippen molar-refractivity contribution < 1.29 is 4.79 Å². The first-order valence-corrected chi connectivity index (χ1v) is 9.14. The molecule has 5 heteroatoms. The molecule has 26 heavy (non-hydrogen) atoms. The van der Waals surface area contributed by atoms with Crippen molar-refractivity contribution >= 4 is 23.3 Å². The Hall–Kier alpha value is -2.59. The highest BCUT2D eigenvalue weighted by Gasteiger charge is 2.30. The van der Waals surface area contributed by atoms with Gasteiger partial charge in [0.25, 0.3) is 0 Å². The largest absolute Gasteiger partial charge is 0.310 e. The van der Waals surface area contributed by atoms with Crippen LogP contribution in [0.5, 0.6) is 0 Å².